The van der Waals surface area contributed by atoms with Crippen LogP contribution in [-0.2, 0) is 4.79 Å². The molecule has 2 unspecified atom stereocenters. The van der Waals surface area contributed by atoms with E-state index in [2.05, 4.69) is 27.4 Å². The van der Waals surface area contributed by atoms with Gasteiger partial charge in [0.15, 0.2) is 5.82 Å². The summed E-state index contributed by atoms with van der Waals surface area (Å²) < 4.78 is 7.48. The number of hydrogen-bond donors (Lipinski definition) is 1. The van der Waals surface area contributed by atoms with E-state index in [1.807, 2.05) is 56.7 Å². The van der Waals surface area contributed by atoms with Crippen molar-refractivity contribution in [1.82, 2.24) is 24.6 Å². The molecule has 196 valence electrons. The third kappa shape index (κ3) is 5.81. The minimum absolute atomic E-state index is 0.175. The number of methoxy groups -OCH3 is 1. The highest BCUT2D eigenvalue weighted by Gasteiger charge is 2.41. The molecule has 4 rings (SSSR count). The van der Waals surface area contributed by atoms with Crippen LogP contribution >= 0.6 is 0 Å². The van der Waals surface area contributed by atoms with E-state index in [0.29, 0.717) is 41.0 Å². The predicted molar refractivity (Wildman–Crippen MR) is 143 cm³/mol. The van der Waals surface area contributed by atoms with Crippen molar-refractivity contribution in [3.63, 3.8) is 0 Å². The zero-order valence-corrected chi connectivity index (χ0v) is 22.5. The molecule has 0 aliphatic heterocycles. The lowest BCUT2D eigenvalue weighted by atomic mass is 9.98. The standard InChI is InChI=1S/C28H36N6O3/c1-7-11-33(5)26(35)14-19-13-21(19)20-15-22(24(37-6)12-18(20)4)28(36)31-25-10-8-9-23(30-25)27-32-29-16-34(27)17(2)3/h8-10,12,15-17,19,21H,7,11,13-14H2,1-6H3,(H,30,31,36). The lowest BCUT2D eigenvalue weighted by Gasteiger charge is -2.16. The fourth-order valence-corrected chi connectivity index (χ4v) is 4.75. The highest BCUT2D eigenvalue weighted by molar-refractivity contribution is 6.06. The van der Waals surface area contributed by atoms with Gasteiger partial charge in [-0.1, -0.05) is 13.0 Å². The van der Waals surface area contributed by atoms with Crippen molar-refractivity contribution in [3.8, 4) is 17.3 Å². The van der Waals surface area contributed by atoms with Crippen LogP contribution in [0.4, 0.5) is 5.82 Å². The molecule has 1 aliphatic rings. The maximum atomic E-state index is 13.4. The largest absolute Gasteiger partial charge is 0.496 e. The summed E-state index contributed by atoms with van der Waals surface area (Å²) in [6.45, 7) is 8.95. The minimum atomic E-state index is -0.302. The Hall–Kier alpha value is -3.75. The van der Waals surface area contributed by atoms with Crippen molar-refractivity contribution in [3.05, 3.63) is 53.3 Å². The van der Waals surface area contributed by atoms with Gasteiger partial charge in [0.1, 0.15) is 23.6 Å². The number of rotatable bonds is 10. The molecule has 3 aromatic rings. The van der Waals surface area contributed by atoms with Crippen LogP contribution in [0.3, 0.4) is 0 Å². The Bertz CT molecular complexity index is 1280. The van der Waals surface area contributed by atoms with Crippen LogP contribution in [-0.4, -0.2) is 57.2 Å². The van der Waals surface area contributed by atoms with E-state index in [1.54, 1.807) is 24.4 Å². The van der Waals surface area contributed by atoms with Crippen molar-refractivity contribution in [2.75, 3.05) is 26.0 Å². The average molecular weight is 505 g/mol. The zero-order valence-electron chi connectivity index (χ0n) is 22.5. The number of hydrogen-bond acceptors (Lipinski definition) is 6. The van der Waals surface area contributed by atoms with E-state index < -0.39 is 0 Å². The topological polar surface area (TPSA) is 102 Å². The molecule has 0 saturated heterocycles. The van der Waals surface area contributed by atoms with E-state index in [9.17, 15) is 9.59 Å². The summed E-state index contributed by atoms with van der Waals surface area (Å²) in [7, 11) is 3.42. The van der Waals surface area contributed by atoms with E-state index in [4.69, 9.17) is 4.74 Å². The molecule has 2 atom stereocenters. The molecule has 0 spiro atoms. The first-order valence-electron chi connectivity index (χ1n) is 12.8. The molecule has 1 aromatic carbocycles. The fourth-order valence-electron chi connectivity index (χ4n) is 4.75. The Morgan fingerprint density at radius 1 is 1.27 bits per heavy atom. The summed E-state index contributed by atoms with van der Waals surface area (Å²) >= 11 is 0. The number of amides is 2. The summed E-state index contributed by atoms with van der Waals surface area (Å²) in [5, 5.41) is 11.1. The zero-order chi connectivity index (χ0) is 26.7. The van der Waals surface area contributed by atoms with Crippen LogP contribution in [0, 0.1) is 12.8 Å². The van der Waals surface area contributed by atoms with Crippen LogP contribution in [0.5, 0.6) is 5.75 Å². The lowest BCUT2D eigenvalue weighted by molar-refractivity contribution is -0.130. The summed E-state index contributed by atoms with van der Waals surface area (Å²) in [5.74, 6) is 2.00. The molecular weight excluding hydrogens is 468 g/mol. The van der Waals surface area contributed by atoms with E-state index in [0.717, 1.165) is 30.5 Å². The number of anilines is 1. The van der Waals surface area contributed by atoms with Crippen molar-refractivity contribution in [2.24, 2.45) is 5.92 Å². The summed E-state index contributed by atoms with van der Waals surface area (Å²) in [4.78, 5) is 32.3. The molecule has 0 radical (unpaired) electrons. The molecule has 1 aliphatic carbocycles. The van der Waals surface area contributed by atoms with Crippen molar-refractivity contribution < 1.29 is 14.3 Å². The Labute approximate surface area is 218 Å². The third-order valence-corrected chi connectivity index (χ3v) is 6.93. The van der Waals surface area contributed by atoms with E-state index >= 15 is 0 Å². The number of benzene rings is 1. The van der Waals surface area contributed by atoms with E-state index in [1.165, 1.54) is 0 Å². The highest BCUT2D eigenvalue weighted by atomic mass is 16.5. The fraction of sp³-hybridized carbons (Fsp3) is 0.464. The van der Waals surface area contributed by atoms with Gasteiger partial charge in [0.2, 0.25) is 5.91 Å². The normalized spacial score (nSPS) is 16.5. The van der Waals surface area contributed by atoms with Crippen LogP contribution < -0.4 is 10.1 Å². The number of nitrogens with zero attached hydrogens (tertiary/aromatic N) is 5. The van der Waals surface area contributed by atoms with Crippen LogP contribution in [0.2, 0.25) is 0 Å². The minimum Gasteiger partial charge on any atom is -0.496 e. The molecule has 2 heterocycles. The molecule has 2 aromatic heterocycles. The number of aryl methyl sites for hydroxylation is 1. The van der Waals surface area contributed by atoms with Gasteiger partial charge in [0.25, 0.3) is 5.91 Å². The summed E-state index contributed by atoms with van der Waals surface area (Å²) in [6.07, 6.45) is 4.10. The maximum Gasteiger partial charge on any atom is 0.260 e. The molecule has 0 bridgehead atoms. The predicted octanol–water partition coefficient (Wildman–Crippen LogP) is 4.85. The van der Waals surface area contributed by atoms with E-state index in [-0.39, 0.29) is 23.8 Å². The van der Waals surface area contributed by atoms with Crippen LogP contribution in [0.25, 0.3) is 11.5 Å². The maximum absolute atomic E-state index is 13.4. The monoisotopic (exact) mass is 504 g/mol. The van der Waals surface area contributed by atoms with Gasteiger partial charge in [-0.25, -0.2) is 4.98 Å². The van der Waals surface area contributed by atoms with Gasteiger partial charge in [0, 0.05) is 26.1 Å². The average Bonchev–Trinajstić information content (AvgIpc) is 3.43. The molecule has 1 N–H and O–H groups in total. The van der Waals surface area contributed by atoms with Gasteiger partial charge >= 0.3 is 0 Å². The van der Waals surface area contributed by atoms with Gasteiger partial charge in [-0.05, 0) is 80.8 Å². The molecule has 1 saturated carbocycles. The Morgan fingerprint density at radius 3 is 2.76 bits per heavy atom. The molecule has 2 amide bonds. The number of nitrogens with one attached hydrogen (secondary N) is 1. The first-order valence-corrected chi connectivity index (χ1v) is 12.8. The first-order chi connectivity index (χ1) is 17.7. The van der Waals surface area contributed by atoms with Gasteiger partial charge < -0.3 is 19.5 Å². The Kier molecular flexibility index (Phi) is 7.90. The Balaban J connectivity index is 1.53. The van der Waals surface area contributed by atoms with Gasteiger partial charge in [-0.3, -0.25) is 9.59 Å². The van der Waals surface area contributed by atoms with Crippen molar-refractivity contribution in [2.45, 2.75) is 58.9 Å². The number of pyridine rings is 1. The number of carbonyl (C=O) groups excluding carboxylic acids is 2. The lowest BCUT2D eigenvalue weighted by Crippen LogP contribution is -2.27. The summed E-state index contributed by atoms with van der Waals surface area (Å²) in [5.41, 5.74) is 3.22. The molecule has 9 nitrogen and oxygen atoms in total. The summed E-state index contributed by atoms with van der Waals surface area (Å²) in [6, 6.07) is 9.40. The molecule has 1 fully saturated rings. The van der Waals surface area contributed by atoms with Crippen molar-refractivity contribution >= 4 is 17.6 Å². The first kappa shape index (κ1) is 26.3. The second-order valence-electron chi connectivity index (χ2n) is 10.0. The van der Waals surface area contributed by atoms with Crippen molar-refractivity contribution in [1.29, 1.82) is 0 Å². The number of ether oxygens (including phenoxy) is 1. The van der Waals surface area contributed by atoms with Crippen LogP contribution in [0.15, 0.2) is 36.7 Å². The second kappa shape index (κ2) is 11.1. The third-order valence-electron chi connectivity index (χ3n) is 6.93. The molecular formula is C28H36N6O3. The number of aromatic nitrogens is 4. The molecule has 9 heteroatoms. The number of carbonyl (C=O) groups is 2. The quantitative estimate of drug-likeness (QED) is 0.423. The molecule has 37 heavy (non-hydrogen) atoms. The highest BCUT2D eigenvalue weighted by Crippen LogP contribution is 2.51. The SMILES string of the molecule is CCCN(C)C(=O)CC1CC1c1cc(C(=O)Nc2cccc(-c3nncn3C(C)C)n2)c(OC)cc1C. The second-order valence-corrected chi connectivity index (χ2v) is 10.0. The van der Waals surface area contributed by atoms with Crippen LogP contribution in [0.1, 0.15) is 73.5 Å². The smallest absolute Gasteiger partial charge is 0.260 e. The Morgan fingerprint density at radius 2 is 2.05 bits per heavy atom. The van der Waals surface area contributed by atoms with Gasteiger partial charge in [-0.15, -0.1) is 10.2 Å². The van der Waals surface area contributed by atoms with Gasteiger partial charge in [0.05, 0.1) is 12.7 Å². The van der Waals surface area contributed by atoms with Gasteiger partial charge in [-0.2, -0.15) is 0 Å².